The minimum Gasteiger partial charge on any atom is -0.505 e. The van der Waals surface area contributed by atoms with Crippen LogP contribution in [-0.4, -0.2) is 28.3 Å². The van der Waals surface area contributed by atoms with Crippen LogP contribution in [0.15, 0.2) is 12.3 Å². The third-order valence-corrected chi connectivity index (χ3v) is 5.06. The number of nitrogens with one attached hydrogen (secondary N) is 1. The molecule has 2 N–H and O–H groups in total. The second kappa shape index (κ2) is 6.65. The molecule has 5 atom stereocenters. The van der Waals surface area contributed by atoms with E-state index < -0.39 is 5.91 Å². The van der Waals surface area contributed by atoms with Crippen LogP contribution in [0.25, 0.3) is 0 Å². The van der Waals surface area contributed by atoms with Gasteiger partial charge in [-0.3, -0.25) is 4.79 Å². The summed E-state index contributed by atoms with van der Waals surface area (Å²) in [4.78, 5) is 16.4. The fourth-order valence-corrected chi connectivity index (χ4v) is 3.08. The van der Waals surface area contributed by atoms with E-state index in [4.69, 9.17) is 4.74 Å². The maximum absolute atomic E-state index is 12.4. The van der Waals surface area contributed by atoms with Gasteiger partial charge in [0.25, 0.3) is 5.91 Å². The summed E-state index contributed by atoms with van der Waals surface area (Å²) in [6, 6.07) is 1.67. The molecule has 0 unspecified atom stereocenters. The fraction of sp³-hybridized carbons (Fsp3) is 0.647. The van der Waals surface area contributed by atoms with Crippen molar-refractivity contribution in [2.75, 3.05) is 0 Å². The number of ether oxygens (including phenoxy) is 1. The van der Waals surface area contributed by atoms with Crippen molar-refractivity contribution in [3.8, 4) is 5.75 Å². The third-order valence-electron chi connectivity index (χ3n) is 5.06. The molecule has 0 bridgehead atoms. The van der Waals surface area contributed by atoms with Crippen molar-refractivity contribution in [2.45, 2.75) is 53.4 Å². The Morgan fingerprint density at radius 3 is 2.64 bits per heavy atom. The van der Waals surface area contributed by atoms with Gasteiger partial charge in [-0.15, -0.1) is 0 Å². The maximum Gasteiger partial charge on any atom is 0.275 e. The highest BCUT2D eigenvalue weighted by molar-refractivity contribution is 5.95. The quantitative estimate of drug-likeness (QED) is 0.901. The van der Waals surface area contributed by atoms with Gasteiger partial charge in [-0.05, 0) is 36.8 Å². The Morgan fingerprint density at radius 2 is 2.00 bits per heavy atom. The molecule has 0 aromatic carbocycles. The number of amides is 1. The average Bonchev–Trinajstić information content (AvgIpc) is 2.50. The fourth-order valence-electron chi connectivity index (χ4n) is 3.08. The molecule has 0 spiro atoms. The summed E-state index contributed by atoms with van der Waals surface area (Å²) >= 11 is 0. The molecule has 5 heteroatoms. The SMILES string of the molecule is CC[C@H]1O[C@@H](NC(=O)c2nccc(C)c2O)[C@H](C)[C@@H](C)[C@H]1C. The number of pyridine rings is 1. The predicted octanol–water partition coefficient (Wildman–Crippen LogP) is 2.87. The first-order chi connectivity index (χ1) is 10.4. The van der Waals surface area contributed by atoms with E-state index in [9.17, 15) is 9.90 Å². The van der Waals surface area contributed by atoms with E-state index in [1.54, 1.807) is 13.0 Å². The van der Waals surface area contributed by atoms with Gasteiger partial charge in [0.05, 0.1) is 6.10 Å². The summed E-state index contributed by atoms with van der Waals surface area (Å²) < 4.78 is 6.05. The van der Waals surface area contributed by atoms with Crippen LogP contribution in [0.5, 0.6) is 5.75 Å². The van der Waals surface area contributed by atoms with Crippen LogP contribution in [0, 0.1) is 24.7 Å². The number of nitrogens with zero attached hydrogens (tertiary/aromatic N) is 1. The van der Waals surface area contributed by atoms with Gasteiger partial charge in [0.1, 0.15) is 12.0 Å². The van der Waals surface area contributed by atoms with Crippen LogP contribution in [0.2, 0.25) is 0 Å². The van der Waals surface area contributed by atoms with Crippen molar-refractivity contribution in [1.29, 1.82) is 0 Å². The maximum atomic E-state index is 12.4. The lowest BCUT2D eigenvalue weighted by atomic mass is 9.77. The first-order valence-corrected chi connectivity index (χ1v) is 7.97. The number of aromatic hydroxyl groups is 1. The van der Waals surface area contributed by atoms with Crippen molar-refractivity contribution in [3.63, 3.8) is 0 Å². The number of aryl methyl sites for hydroxylation is 1. The third kappa shape index (κ3) is 3.09. The molecule has 0 radical (unpaired) electrons. The van der Waals surface area contributed by atoms with E-state index >= 15 is 0 Å². The molecule has 0 aliphatic carbocycles. The summed E-state index contributed by atoms with van der Waals surface area (Å²) in [7, 11) is 0. The lowest BCUT2D eigenvalue weighted by molar-refractivity contribution is -0.141. The normalized spacial score (nSPS) is 31.8. The van der Waals surface area contributed by atoms with Crippen LogP contribution < -0.4 is 5.32 Å². The van der Waals surface area contributed by atoms with Crippen LogP contribution >= 0.6 is 0 Å². The van der Waals surface area contributed by atoms with Gasteiger partial charge in [0, 0.05) is 12.1 Å². The highest BCUT2D eigenvalue weighted by atomic mass is 16.5. The van der Waals surface area contributed by atoms with Crippen LogP contribution in [0.1, 0.15) is 50.2 Å². The summed E-state index contributed by atoms with van der Waals surface area (Å²) in [5.41, 5.74) is 0.682. The molecule has 1 saturated heterocycles. The number of hydrogen-bond donors (Lipinski definition) is 2. The van der Waals surface area contributed by atoms with Crippen LogP contribution in [0.4, 0.5) is 0 Å². The summed E-state index contributed by atoms with van der Waals surface area (Å²) in [6.45, 7) is 10.3. The van der Waals surface area contributed by atoms with Crippen LogP contribution in [0.3, 0.4) is 0 Å². The van der Waals surface area contributed by atoms with Gasteiger partial charge >= 0.3 is 0 Å². The number of hydrogen-bond acceptors (Lipinski definition) is 4. The Kier molecular flexibility index (Phi) is 5.06. The number of carbonyl (C=O) groups excluding carboxylic acids is 1. The zero-order valence-corrected chi connectivity index (χ0v) is 14.0. The Morgan fingerprint density at radius 1 is 1.32 bits per heavy atom. The first-order valence-electron chi connectivity index (χ1n) is 7.97. The molecule has 1 aliphatic rings. The van der Waals surface area contributed by atoms with Gasteiger partial charge in [0.15, 0.2) is 5.69 Å². The van der Waals surface area contributed by atoms with Crippen LogP contribution in [-0.2, 0) is 4.74 Å². The monoisotopic (exact) mass is 306 g/mol. The molecule has 122 valence electrons. The number of aromatic nitrogens is 1. The standard InChI is InChI=1S/C17H26N2O3/c1-6-13-11(4)10(3)12(5)17(22-13)19-16(21)14-15(20)9(2)7-8-18-14/h7-8,10-13,17,20H,6H2,1-5H3,(H,19,21)/t10-,11+,12+,13+,17+/m0/s1. The molecular formula is C17H26N2O3. The molecular weight excluding hydrogens is 280 g/mol. The second-order valence-electron chi connectivity index (χ2n) is 6.38. The lowest BCUT2D eigenvalue weighted by Gasteiger charge is -2.43. The molecule has 1 aromatic heterocycles. The number of carbonyl (C=O) groups is 1. The largest absolute Gasteiger partial charge is 0.505 e. The van der Waals surface area contributed by atoms with E-state index in [0.717, 1.165) is 6.42 Å². The van der Waals surface area contributed by atoms with Crippen molar-refractivity contribution in [2.24, 2.45) is 17.8 Å². The van der Waals surface area contributed by atoms with E-state index in [1.165, 1.54) is 6.20 Å². The molecule has 1 fully saturated rings. The van der Waals surface area contributed by atoms with E-state index in [0.29, 0.717) is 17.4 Å². The van der Waals surface area contributed by atoms with Crippen molar-refractivity contribution in [3.05, 3.63) is 23.5 Å². The van der Waals surface area contributed by atoms with Gasteiger partial charge in [-0.25, -0.2) is 4.98 Å². The molecule has 5 nitrogen and oxygen atoms in total. The molecule has 1 aliphatic heterocycles. The Bertz CT molecular complexity index is 545. The zero-order chi connectivity index (χ0) is 16.4. The minimum atomic E-state index is -0.394. The lowest BCUT2D eigenvalue weighted by Crippen LogP contribution is -2.52. The smallest absolute Gasteiger partial charge is 0.275 e. The molecule has 22 heavy (non-hydrogen) atoms. The minimum absolute atomic E-state index is 0.0510. The van der Waals surface area contributed by atoms with Crippen molar-refractivity contribution < 1.29 is 14.6 Å². The molecule has 2 rings (SSSR count). The Balaban J connectivity index is 2.15. The van der Waals surface area contributed by atoms with Gasteiger partial charge in [-0.2, -0.15) is 0 Å². The average molecular weight is 306 g/mol. The Hall–Kier alpha value is -1.62. The molecule has 0 saturated carbocycles. The summed E-state index contributed by atoms with van der Waals surface area (Å²) in [5, 5.41) is 12.9. The predicted molar refractivity (Wildman–Crippen MR) is 84.5 cm³/mol. The van der Waals surface area contributed by atoms with E-state index in [-0.39, 0.29) is 29.7 Å². The highest BCUT2D eigenvalue weighted by Gasteiger charge is 2.39. The highest BCUT2D eigenvalue weighted by Crippen LogP contribution is 2.35. The summed E-state index contributed by atoms with van der Waals surface area (Å²) in [5.74, 6) is 0.641. The molecule has 1 amide bonds. The first kappa shape index (κ1) is 16.7. The topological polar surface area (TPSA) is 71.5 Å². The van der Waals surface area contributed by atoms with Gasteiger partial charge < -0.3 is 15.2 Å². The van der Waals surface area contributed by atoms with E-state index in [2.05, 4.69) is 38.0 Å². The van der Waals surface area contributed by atoms with Gasteiger partial charge in [0.2, 0.25) is 0 Å². The molecule has 1 aromatic rings. The Labute approximate surface area is 132 Å². The molecule has 2 heterocycles. The zero-order valence-electron chi connectivity index (χ0n) is 14.0. The second-order valence-corrected chi connectivity index (χ2v) is 6.38. The van der Waals surface area contributed by atoms with E-state index in [1.807, 2.05) is 0 Å². The van der Waals surface area contributed by atoms with Gasteiger partial charge in [-0.1, -0.05) is 27.7 Å². The van der Waals surface area contributed by atoms with Crippen molar-refractivity contribution in [1.82, 2.24) is 10.3 Å². The van der Waals surface area contributed by atoms with Crippen molar-refractivity contribution >= 4 is 5.91 Å². The summed E-state index contributed by atoms with van der Waals surface area (Å²) in [6.07, 6.45) is 2.22. The number of rotatable bonds is 3.